The Labute approximate surface area is 103 Å². The molecular weight excluding hydrogens is 246 g/mol. The predicted molar refractivity (Wildman–Crippen MR) is 55.1 cm³/mol. The summed E-state index contributed by atoms with van der Waals surface area (Å²) in [4.78, 5) is 22.0. The van der Waals surface area contributed by atoms with Crippen molar-refractivity contribution in [1.29, 1.82) is 0 Å². The lowest BCUT2D eigenvalue weighted by Gasteiger charge is -2.42. The number of hydrogen-bond acceptors (Lipinski definition) is 7. The molecule has 4 unspecified atom stereocenters. The molecule has 0 aliphatic carbocycles. The summed E-state index contributed by atoms with van der Waals surface area (Å²) in [6.07, 6.45) is -2.58. The van der Waals surface area contributed by atoms with E-state index in [9.17, 15) is 9.59 Å². The first-order chi connectivity index (χ1) is 8.59. The van der Waals surface area contributed by atoms with Gasteiger partial charge in [-0.3, -0.25) is 9.59 Å². The van der Waals surface area contributed by atoms with Crippen LogP contribution in [-0.4, -0.2) is 56.5 Å². The first-order valence-corrected chi connectivity index (χ1v) is 5.48. The van der Waals surface area contributed by atoms with Gasteiger partial charge in [0, 0.05) is 6.92 Å². The van der Waals surface area contributed by atoms with Crippen LogP contribution in [0.2, 0.25) is 0 Å². The van der Waals surface area contributed by atoms with Gasteiger partial charge in [0.15, 0.2) is 6.10 Å². The van der Waals surface area contributed by atoms with Crippen LogP contribution in [0.5, 0.6) is 0 Å². The van der Waals surface area contributed by atoms with E-state index >= 15 is 0 Å². The molecule has 0 spiro atoms. The van der Waals surface area contributed by atoms with E-state index in [0.717, 1.165) is 0 Å². The molecule has 0 aromatic carbocycles. The van der Waals surface area contributed by atoms with Gasteiger partial charge in [-0.05, 0) is 0 Å². The summed E-state index contributed by atoms with van der Waals surface area (Å²) >= 11 is 0. The van der Waals surface area contributed by atoms with Crippen molar-refractivity contribution in [3.05, 3.63) is 0 Å². The lowest BCUT2D eigenvalue weighted by atomic mass is 10.0. The van der Waals surface area contributed by atoms with Gasteiger partial charge in [0.05, 0.1) is 0 Å². The molecule has 2 fully saturated rings. The van der Waals surface area contributed by atoms with Gasteiger partial charge in [0.1, 0.15) is 38.5 Å². The molecule has 8 heteroatoms. The molecule has 2 aliphatic rings. The number of carbonyl (C=O) groups is 2. The second-order valence-electron chi connectivity index (χ2n) is 4.00. The second kappa shape index (κ2) is 5.61. The zero-order chi connectivity index (χ0) is 13.1. The number of ether oxygens (including phenoxy) is 5. The number of esters is 1. The molecule has 2 N–H and O–H groups in total. The third-order valence-corrected chi connectivity index (χ3v) is 2.77. The molecule has 18 heavy (non-hydrogen) atoms. The van der Waals surface area contributed by atoms with E-state index in [0.29, 0.717) is 0 Å². The number of amides is 1. The molecule has 0 saturated carbocycles. The summed E-state index contributed by atoms with van der Waals surface area (Å²) in [6, 6.07) is 0. The van der Waals surface area contributed by atoms with Gasteiger partial charge in [-0.2, -0.15) is 0 Å². The van der Waals surface area contributed by atoms with Crippen molar-refractivity contribution in [2.45, 2.75) is 31.3 Å². The van der Waals surface area contributed by atoms with Crippen molar-refractivity contribution in [2.75, 3.05) is 20.2 Å². The van der Waals surface area contributed by atoms with Crippen LogP contribution in [0.3, 0.4) is 0 Å². The normalized spacial score (nSPS) is 35.6. The van der Waals surface area contributed by atoms with Crippen LogP contribution in [-0.2, 0) is 33.3 Å². The molecule has 2 heterocycles. The Bertz CT molecular complexity index is 334. The molecular formula is C10H15NO7. The van der Waals surface area contributed by atoms with E-state index < -0.39 is 36.3 Å². The minimum Gasteiger partial charge on any atom is -0.463 e. The smallest absolute Gasteiger partial charge is 0.302 e. The number of rotatable bonds is 3. The quantitative estimate of drug-likeness (QED) is 0.617. The van der Waals surface area contributed by atoms with Crippen LogP contribution >= 0.6 is 0 Å². The Kier molecular flexibility index (Phi) is 4.12. The molecule has 0 bridgehead atoms. The average molecular weight is 261 g/mol. The highest BCUT2D eigenvalue weighted by atomic mass is 16.8. The standard InChI is InChI=1S/C10H15NO7/c1-5(12)14-2-6-7-8(17-3-15-6)9(10(11)13)18-4-16-7/h6-9H,2-4H2,1H3,(H2,11,13). The maximum atomic E-state index is 11.2. The van der Waals surface area contributed by atoms with Crippen molar-refractivity contribution >= 4 is 11.9 Å². The average Bonchev–Trinajstić information content (AvgIpc) is 2.35. The monoisotopic (exact) mass is 261 g/mol. The zero-order valence-electron chi connectivity index (χ0n) is 9.87. The molecule has 1 amide bonds. The Balaban J connectivity index is 2.02. The number of fused-ring (bicyclic) bond motifs is 1. The Morgan fingerprint density at radius 3 is 2.50 bits per heavy atom. The fraction of sp³-hybridized carbons (Fsp3) is 0.800. The third kappa shape index (κ3) is 2.78. The molecule has 0 aromatic heterocycles. The van der Waals surface area contributed by atoms with Crippen molar-refractivity contribution in [2.24, 2.45) is 5.73 Å². The summed E-state index contributed by atoms with van der Waals surface area (Å²) in [5.41, 5.74) is 5.22. The van der Waals surface area contributed by atoms with E-state index in [1.165, 1.54) is 6.92 Å². The van der Waals surface area contributed by atoms with E-state index in [1.807, 2.05) is 0 Å². The van der Waals surface area contributed by atoms with Crippen molar-refractivity contribution in [3.8, 4) is 0 Å². The summed E-state index contributed by atoms with van der Waals surface area (Å²) in [7, 11) is 0. The molecule has 0 radical (unpaired) electrons. The van der Waals surface area contributed by atoms with Crippen molar-refractivity contribution in [3.63, 3.8) is 0 Å². The highest BCUT2D eigenvalue weighted by molar-refractivity contribution is 5.79. The minimum atomic E-state index is -0.882. The number of carbonyl (C=O) groups excluding carboxylic acids is 2. The van der Waals surface area contributed by atoms with Crippen LogP contribution in [0.15, 0.2) is 0 Å². The van der Waals surface area contributed by atoms with Gasteiger partial charge in [-0.25, -0.2) is 0 Å². The van der Waals surface area contributed by atoms with Crippen LogP contribution in [0.4, 0.5) is 0 Å². The fourth-order valence-corrected chi connectivity index (χ4v) is 1.94. The zero-order valence-corrected chi connectivity index (χ0v) is 9.87. The molecule has 2 aliphatic heterocycles. The van der Waals surface area contributed by atoms with Gasteiger partial charge in [0.25, 0.3) is 0 Å². The third-order valence-electron chi connectivity index (χ3n) is 2.77. The summed E-state index contributed by atoms with van der Waals surface area (Å²) < 4.78 is 25.9. The first-order valence-electron chi connectivity index (χ1n) is 5.48. The molecule has 102 valence electrons. The van der Waals surface area contributed by atoms with Gasteiger partial charge < -0.3 is 29.4 Å². The van der Waals surface area contributed by atoms with E-state index in [4.69, 9.17) is 29.4 Å². The molecule has 8 nitrogen and oxygen atoms in total. The highest BCUT2D eigenvalue weighted by Crippen LogP contribution is 2.26. The van der Waals surface area contributed by atoms with Crippen LogP contribution < -0.4 is 5.73 Å². The Hall–Kier alpha value is -1.22. The molecule has 2 rings (SSSR count). The number of nitrogens with two attached hydrogens (primary N) is 1. The first kappa shape index (κ1) is 13.2. The van der Waals surface area contributed by atoms with Crippen LogP contribution in [0.25, 0.3) is 0 Å². The summed E-state index contributed by atoms with van der Waals surface area (Å²) in [5.74, 6) is -1.04. The fourth-order valence-electron chi connectivity index (χ4n) is 1.94. The Morgan fingerprint density at radius 2 is 1.83 bits per heavy atom. The number of primary amides is 1. The van der Waals surface area contributed by atoms with E-state index in [-0.39, 0.29) is 20.2 Å². The Morgan fingerprint density at radius 1 is 1.17 bits per heavy atom. The maximum Gasteiger partial charge on any atom is 0.302 e. The van der Waals surface area contributed by atoms with Gasteiger partial charge in [0.2, 0.25) is 5.91 Å². The number of hydrogen-bond donors (Lipinski definition) is 1. The predicted octanol–water partition coefficient (Wildman–Crippen LogP) is -1.48. The van der Waals surface area contributed by atoms with Gasteiger partial charge in [-0.15, -0.1) is 0 Å². The maximum absolute atomic E-state index is 11.2. The van der Waals surface area contributed by atoms with Crippen LogP contribution in [0.1, 0.15) is 6.92 Å². The van der Waals surface area contributed by atoms with E-state index in [1.54, 1.807) is 0 Å². The SMILES string of the molecule is CC(=O)OCC1OCOC2C(C(N)=O)OCOC12. The topological polar surface area (TPSA) is 106 Å². The molecule has 2 saturated heterocycles. The molecule has 0 aromatic rings. The minimum absolute atomic E-state index is 0.0331. The summed E-state index contributed by atoms with van der Waals surface area (Å²) in [6.45, 7) is 1.21. The largest absolute Gasteiger partial charge is 0.463 e. The highest BCUT2D eigenvalue weighted by Gasteiger charge is 2.46. The van der Waals surface area contributed by atoms with Gasteiger partial charge >= 0.3 is 5.97 Å². The van der Waals surface area contributed by atoms with Crippen molar-refractivity contribution in [1.82, 2.24) is 0 Å². The molecule has 4 atom stereocenters. The summed E-state index contributed by atoms with van der Waals surface area (Å²) in [5, 5.41) is 0. The van der Waals surface area contributed by atoms with E-state index in [2.05, 4.69) is 0 Å². The second-order valence-corrected chi connectivity index (χ2v) is 4.00. The van der Waals surface area contributed by atoms with Gasteiger partial charge in [-0.1, -0.05) is 0 Å². The lowest BCUT2D eigenvalue weighted by molar-refractivity contribution is -0.320. The lowest BCUT2D eigenvalue weighted by Crippen LogP contribution is -2.61. The van der Waals surface area contributed by atoms with Crippen molar-refractivity contribution < 1.29 is 33.3 Å². The van der Waals surface area contributed by atoms with Crippen LogP contribution in [0, 0.1) is 0 Å².